The van der Waals surface area contributed by atoms with Crippen molar-refractivity contribution < 1.29 is 4.74 Å². The summed E-state index contributed by atoms with van der Waals surface area (Å²) >= 11 is 13.2. The van der Waals surface area contributed by atoms with Gasteiger partial charge in [-0.2, -0.15) is 0 Å². The minimum Gasteiger partial charge on any atom is -0.374 e. The second-order valence-electron chi connectivity index (χ2n) is 7.50. The van der Waals surface area contributed by atoms with Gasteiger partial charge >= 0.3 is 0 Å². The molecule has 0 amide bonds. The van der Waals surface area contributed by atoms with Crippen molar-refractivity contribution in [2.45, 2.75) is 62.8 Å². The van der Waals surface area contributed by atoms with E-state index in [2.05, 4.69) is 20.8 Å². The Morgan fingerprint density at radius 1 is 1.00 bits per heavy atom. The molecule has 0 N–H and O–H groups in total. The van der Waals surface area contributed by atoms with Crippen LogP contribution in [0.3, 0.4) is 0 Å². The molecule has 0 aromatic rings. The van der Waals surface area contributed by atoms with Crippen LogP contribution < -0.4 is 0 Å². The van der Waals surface area contributed by atoms with Crippen molar-refractivity contribution >= 4 is 23.2 Å². The summed E-state index contributed by atoms with van der Waals surface area (Å²) in [5, 5.41) is 0. The van der Waals surface area contributed by atoms with Crippen LogP contribution in [0.15, 0.2) is 0 Å². The van der Waals surface area contributed by atoms with Gasteiger partial charge in [-0.15, -0.1) is 0 Å². The molecule has 3 heteroatoms. The zero-order chi connectivity index (χ0) is 13.4. The first-order valence-corrected chi connectivity index (χ1v) is 7.92. The van der Waals surface area contributed by atoms with Crippen molar-refractivity contribution in [3.63, 3.8) is 0 Å². The van der Waals surface area contributed by atoms with Crippen LogP contribution in [0.1, 0.15) is 52.9 Å². The van der Waals surface area contributed by atoms with Gasteiger partial charge in [-0.05, 0) is 37.0 Å². The van der Waals surface area contributed by atoms with Crippen LogP contribution in [0.5, 0.6) is 0 Å². The first kappa shape index (κ1) is 13.5. The Hall–Kier alpha value is 0.540. The van der Waals surface area contributed by atoms with Crippen molar-refractivity contribution in [3.8, 4) is 0 Å². The second kappa shape index (κ2) is 3.59. The van der Waals surface area contributed by atoms with E-state index >= 15 is 0 Å². The smallest absolute Gasteiger partial charge is 0.153 e. The molecule has 18 heavy (non-hydrogen) atoms. The van der Waals surface area contributed by atoms with E-state index in [1.165, 1.54) is 25.7 Å². The van der Waals surface area contributed by atoms with Crippen LogP contribution in [0.4, 0.5) is 0 Å². The fourth-order valence-corrected chi connectivity index (χ4v) is 7.00. The summed E-state index contributed by atoms with van der Waals surface area (Å²) in [6.07, 6.45) is 6.15. The molecule has 3 aliphatic rings. The quantitative estimate of drug-likeness (QED) is 0.630. The molecule has 0 spiro atoms. The van der Waals surface area contributed by atoms with Crippen molar-refractivity contribution in [3.05, 3.63) is 0 Å². The van der Waals surface area contributed by atoms with Crippen LogP contribution in [-0.4, -0.2) is 17.0 Å². The topological polar surface area (TPSA) is 9.23 Å². The molecule has 3 saturated carbocycles. The Balaban J connectivity index is 2.07. The normalized spacial score (nSPS) is 52.3. The van der Waals surface area contributed by atoms with Gasteiger partial charge in [-0.25, -0.2) is 0 Å². The van der Waals surface area contributed by atoms with Crippen molar-refractivity contribution in [1.29, 1.82) is 0 Å². The third-order valence-corrected chi connectivity index (χ3v) is 7.57. The maximum absolute atomic E-state index is 6.61. The average molecular weight is 291 g/mol. The summed E-state index contributed by atoms with van der Waals surface area (Å²) in [5.74, 6) is 1.00. The summed E-state index contributed by atoms with van der Waals surface area (Å²) in [4.78, 5) is 0. The highest BCUT2D eigenvalue weighted by atomic mass is 35.5. The van der Waals surface area contributed by atoms with Crippen LogP contribution in [0.2, 0.25) is 0 Å². The zero-order valence-electron chi connectivity index (χ0n) is 11.9. The maximum Gasteiger partial charge on any atom is 0.153 e. The first-order valence-electron chi connectivity index (χ1n) is 7.17. The van der Waals surface area contributed by atoms with Crippen molar-refractivity contribution in [2.75, 3.05) is 7.11 Å². The van der Waals surface area contributed by atoms with Crippen LogP contribution in [-0.2, 0) is 4.74 Å². The number of halogens is 2. The van der Waals surface area contributed by atoms with E-state index in [1.54, 1.807) is 7.11 Å². The molecule has 0 aromatic carbocycles. The molecule has 4 atom stereocenters. The van der Waals surface area contributed by atoms with Gasteiger partial charge in [-0.3, -0.25) is 0 Å². The second-order valence-corrected chi connectivity index (χ2v) is 8.89. The molecule has 3 rings (SSSR count). The highest BCUT2D eigenvalue weighted by Crippen LogP contribution is 2.80. The number of methoxy groups -OCH3 is 1. The molecule has 3 fully saturated rings. The highest BCUT2D eigenvalue weighted by Gasteiger charge is 2.85. The lowest BCUT2D eigenvalue weighted by Crippen LogP contribution is -2.55. The molecule has 0 bridgehead atoms. The summed E-state index contributed by atoms with van der Waals surface area (Å²) in [7, 11) is 1.80. The Morgan fingerprint density at radius 3 is 2.22 bits per heavy atom. The number of fused-ring (bicyclic) bond motifs is 3. The fourth-order valence-electron chi connectivity index (χ4n) is 5.73. The summed E-state index contributed by atoms with van der Waals surface area (Å²) in [6.45, 7) is 7.19. The lowest BCUT2D eigenvalue weighted by Gasteiger charge is -2.57. The van der Waals surface area contributed by atoms with E-state index in [1.807, 2.05) is 0 Å². The van der Waals surface area contributed by atoms with E-state index in [0.29, 0.717) is 17.3 Å². The molecule has 2 unspecified atom stereocenters. The Kier molecular flexibility index (Phi) is 2.70. The van der Waals surface area contributed by atoms with Gasteiger partial charge in [0.25, 0.3) is 0 Å². The number of alkyl halides is 2. The minimum atomic E-state index is -0.668. The van der Waals surface area contributed by atoms with Crippen LogP contribution >= 0.6 is 23.2 Å². The van der Waals surface area contributed by atoms with E-state index < -0.39 is 4.33 Å². The third-order valence-electron chi connectivity index (χ3n) is 6.48. The zero-order valence-corrected chi connectivity index (χ0v) is 13.4. The Bertz CT molecular complexity index is 379. The van der Waals surface area contributed by atoms with Gasteiger partial charge in [0.05, 0.1) is 0 Å². The minimum absolute atomic E-state index is 0.135. The van der Waals surface area contributed by atoms with Gasteiger partial charge < -0.3 is 4.74 Å². The molecular weight excluding hydrogens is 267 g/mol. The molecule has 0 aliphatic heterocycles. The number of hydrogen-bond donors (Lipinski definition) is 0. The summed E-state index contributed by atoms with van der Waals surface area (Å²) in [5.41, 5.74) is 0.218. The summed E-state index contributed by atoms with van der Waals surface area (Å²) < 4.78 is 5.30. The van der Waals surface area contributed by atoms with Crippen LogP contribution in [0, 0.1) is 22.7 Å². The molecule has 3 aliphatic carbocycles. The molecule has 0 saturated heterocycles. The SMILES string of the molecule is COC12C(CC[C@H]3C(C)(C)CCC[C@@]31C)C2(Cl)Cl. The molecule has 0 radical (unpaired) electrons. The molecule has 0 aromatic heterocycles. The predicted octanol–water partition coefficient (Wildman–Crippen LogP) is 4.80. The summed E-state index contributed by atoms with van der Waals surface area (Å²) in [6, 6.07) is 0. The van der Waals surface area contributed by atoms with E-state index in [4.69, 9.17) is 27.9 Å². The Labute approximate surface area is 121 Å². The van der Waals surface area contributed by atoms with Crippen molar-refractivity contribution in [2.24, 2.45) is 22.7 Å². The molecule has 104 valence electrons. The average Bonchev–Trinajstić information content (AvgIpc) is 2.76. The van der Waals surface area contributed by atoms with E-state index in [0.717, 1.165) is 6.42 Å². The maximum atomic E-state index is 6.61. The fraction of sp³-hybridized carbons (Fsp3) is 1.00. The standard InChI is InChI=1S/C15H24Cl2O/c1-12(2)8-5-9-13(3)10(12)6-7-11-14(13,18-4)15(11,16)17/h10-11H,5-9H2,1-4H3/t10-,11?,13-,14?/m0/s1. The monoisotopic (exact) mass is 290 g/mol. The predicted molar refractivity (Wildman–Crippen MR) is 76.1 cm³/mol. The van der Waals surface area contributed by atoms with Gasteiger partial charge in [-0.1, -0.05) is 50.4 Å². The third kappa shape index (κ3) is 1.25. The van der Waals surface area contributed by atoms with Crippen LogP contribution in [0.25, 0.3) is 0 Å². The number of ether oxygens (including phenoxy) is 1. The molecule has 0 heterocycles. The van der Waals surface area contributed by atoms with Gasteiger partial charge in [0.15, 0.2) is 4.33 Å². The van der Waals surface area contributed by atoms with Gasteiger partial charge in [0, 0.05) is 18.4 Å². The van der Waals surface area contributed by atoms with Gasteiger partial charge in [0.2, 0.25) is 0 Å². The lowest BCUT2D eigenvalue weighted by atomic mass is 9.50. The number of rotatable bonds is 1. The molecule has 1 nitrogen and oxygen atoms in total. The highest BCUT2D eigenvalue weighted by molar-refractivity contribution is 6.52. The van der Waals surface area contributed by atoms with Gasteiger partial charge in [0.1, 0.15) is 5.60 Å². The molecular formula is C15H24Cl2O. The van der Waals surface area contributed by atoms with Crippen molar-refractivity contribution in [1.82, 2.24) is 0 Å². The first-order chi connectivity index (χ1) is 8.24. The lowest BCUT2D eigenvalue weighted by molar-refractivity contribution is -0.146. The number of hydrogen-bond acceptors (Lipinski definition) is 1. The Morgan fingerprint density at radius 2 is 1.61 bits per heavy atom. The van der Waals surface area contributed by atoms with E-state index in [9.17, 15) is 0 Å². The largest absolute Gasteiger partial charge is 0.374 e. The van der Waals surface area contributed by atoms with E-state index in [-0.39, 0.29) is 11.0 Å².